The number of piperidine rings is 1. The summed E-state index contributed by atoms with van der Waals surface area (Å²) in [5, 5.41) is 3.06. The second-order valence-electron chi connectivity index (χ2n) is 4.53. The molecule has 0 aliphatic carbocycles. The van der Waals surface area contributed by atoms with Gasteiger partial charge < -0.3 is 10.6 Å². The lowest BCUT2D eigenvalue weighted by molar-refractivity contribution is -0.137. The Hall–Kier alpha value is -0.940. The monoisotopic (exact) mass is 253 g/mol. The molecule has 0 aromatic carbocycles. The highest BCUT2D eigenvalue weighted by Gasteiger charge is 2.35. The summed E-state index contributed by atoms with van der Waals surface area (Å²) in [7, 11) is 0. The Bertz CT molecular complexity index is 404. The summed E-state index contributed by atoms with van der Waals surface area (Å²) in [4.78, 5) is 18.4. The first-order chi connectivity index (χ1) is 8.13. The van der Waals surface area contributed by atoms with E-state index in [4.69, 9.17) is 5.73 Å². The molecule has 0 radical (unpaired) electrons. The molecule has 1 aliphatic rings. The van der Waals surface area contributed by atoms with E-state index in [2.05, 4.69) is 11.9 Å². The Morgan fingerprint density at radius 3 is 3.00 bits per heavy atom. The maximum absolute atomic E-state index is 12.0. The van der Waals surface area contributed by atoms with Crippen LogP contribution in [0.5, 0.6) is 0 Å². The molecular formula is C12H19N3OS. The molecular weight excluding hydrogens is 234 g/mol. The van der Waals surface area contributed by atoms with Crippen LogP contribution >= 0.6 is 11.3 Å². The molecule has 1 fully saturated rings. The van der Waals surface area contributed by atoms with Gasteiger partial charge in [0.15, 0.2) is 0 Å². The minimum absolute atomic E-state index is 0.0146. The van der Waals surface area contributed by atoms with Crippen LogP contribution in [-0.4, -0.2) is 28.4 Å². The summed E-state index contributed by atoms with van der Waals surface area (Å²) >= 11 is 1.62. The Morgan fingerprint density at radius 1 is 1.65 bits per heavy atom. The number of carbonyl (C=O) groups excluding carboxylic acids is 1. The average Bonchev–Trinajstić information content (AvgIpc) is 2.70. The van der Waals surface area contributed by atoms with Crippen molar-refractivity contribution in [2.75, 3.05) is 6.54 Å². The topological polar surface area (TPSA) is 59.2 Å². The number of nitrogens with zero attached hydrogens (tertiary/aromatic N) is 2. The first-order valence-corrected chi connectivity index (χ1v) is 6.98. The molecule has 1 aromatic rings. The molecule has 2 N–H and O–H groups in total. The lowest BCUT2D eigenvalue weighted by Crippen LogP contribution is -2.49. The molecule has 2 unspecified atom stereocenters. The molecule has 1 saturated heterocycles. The number of hydrogen-bond donors (Lipinski definition) is 1. The number of hydrogen-bond acceptors (Lipinski definition) is 4. The number of aromatic nitrogens is 1. The van der Waals surface area contributed by atoms with E-state index in [1.165, 1.54) is 0 Å². The van der Waals surface area contributed by atoms with Crippen LogP contribution in [0.4, 0.5) is 0 Å². The Morgan fingerprint density at radius 2 is 2.41 bits per heavy atom. The summed E-state index contributed by atoms with van der Waals surface area (Å²) in [6, 6.07) is -0.0121. The van der Waals surface area contributed by atoms with Gasteiger partial charge in [-0.25, -0.2) is 4.98 Å². The third-order valence-electron chi connectivity index (χ3n) is 3.16. The van der Waals surface area contributed by atoms with Gasteiger partial charge in [-0.2, -0.15) is 0 Å². The zero-order valence-electron chi connectivity index (χ0n) is 10.3. The summed E-state index contributed by atoms with van der Waals surface area (Å²) in [5.74, 6) is 0.212. The first kappa shape index (κ1) is 12.5. The lowest BCUT2D eigenvalue weighted by atomic mass is 9.94. The van der Waals surface area contributed by atoms with Crippen molar-refractivity contribution >= 4 is 17.2 Å². The van der Waals surface area contributed by atoms with Crippen molar-refractivity contribution in [2.24, 2.45) is 5.73 Å². The van der Waals surface area contributed by atoms with E-state index >= 15 is 0 Å². The molecule has 5 heteroatoms. The Balaban J connectivity index is 2.28. The van der Waals surface area contributed by atoms with Crippen LogP contribution < -0.4 is 5.73 Å². The van der Waals surface area contributed by atoms with E-state index in [1.807, 2.05) is 17.2 Å². The summed E-state index contributed by atoms with van der Waals surface area (Å²) in [6.07, 6.45) is 2.29. The summed E-state index contributed by atoms with van der Waals surface area (Å²) in [6.45, 7) is 4.83. The first-order valence-electron chi connectivity index (χ1n) is 6.10. The highest BCUT2D eigenvalue weighted by Crippen LogP contribution is 2.31. The van der Waals surface area contributed by atoms with E-state index in [0.717, 1.165) is 30.1 Å². The van der Waals surface area contributed by atoms with Crippen LogP contribution in [-0.2, 0) is 4.79 Å². The summed E-state index contributed by atoms with van der Waals surface area (Å²) in [5.41, 5.74) is 7.13. The minimum atomic E-state index is -0.0267. The largest absolute Gasteiger partial charge is 0.332 e. The van der Waals surface area contributed by atoms with Crippen LogP contribution in [0, 0.1) is 6.92 Å². The maximum atomic E-state index is 12.0. The summed E-state index contributed by atoms with van der Waals surface area (Å²) < 4.78 is 0. The molecule has 1 amide bonds. The molecule has 17 heavy (non-hydrogen) atoms. The van der Waals surface area contributed by atoms with Crippen LogP contribution in [0.15, 0.2) is 5.38 Å². The molecule has 0 spiro atoms. The molecule has 0 bridgehead atoms. The number of rotatable bonds is 3. The van der Waals surface area contributed by atoms with E-state index in [9.17, 15) is 4.79 Å². The van der Waals surface area contributed by atoms with Crippen molar-refractivity contribution in [1.29, 1.82) is 0 Å². The maximum Gasteiger partial charge on any atom is 0.223 e. The molecule has 4 nitrogen and oxygen atoms in total. The van der Waals surface area contributed by atoms with Gasteiger partial charge in [0.05, 0.1) is 16.7 Å². The van der Waals surface area contributed by atoms with E-state index in [-0.39, 0.29) is 18.0 Å². The zero-order chi connectivity index (χ0) is 12.4. The Labute approximate surface area is 106 Å². The molecule has 1 aliphatic heterocycles. The normalized spacial score (nSPS) is 25.4. The molecule has 0 saturated carbocycles. The average molecular weight is 253 g/mol. The van der Waals surface area contributed by atoms with Crippen molar-refractivity contribution in [3.8, 4) is 0 Å². The van der Waals surface area contributed by atoms with Crippen LogP contribution in [0.2, 0.25) is 0 Å². The second-order valence-corrected chi connectivity index (χ2v) is 5.59. The zero-order valence-corrected chi connectivity index (χ0v) is 11.2. The number of carbonyl (C=O) groups is 1. The number of likely N-dealkylation sites (tertiary alicyclic amines) is 1. The smallest absolute Gasteiger partial charge is 0.223 e. The van der Waals surface area contributed by atoms with Gasteiger partial charge in [0.25, 0.3) is 0 Å². The lowest BCUT2D eigenvalue weighted by Gasteiger charge is -2.38. The van der Waals surface area contributed by atoms with E-state index in [0.29, 0.717) is 6.42 Å². The molecule has 2 heterocycles. The van der Waals surface area contributed by atoms with E-state index in [1.54, 1.807) is 11.3 Å². The van der Waals surface area contributed by atoms with Crippen LogP contribution in [0.1, 0.15) is 42.9 Å². The van der Waals surface area contributed by atoms with Gasteiger partial charge in [-0.15, -0.1) is 11.3 Å². The molecule has 2 rings (SSSR count). The molecule has 94 valence electrons. The van der Waals surface area contributed by atoms with Crippen molar-refractivity contribution in [3.05, 3.63) is 16.1 Å². The van der Waals surface area contributed by atoms with Gasteiger partial charge in [0.2, 0.25) is 5.91 Å². The Kier molecular flexibility index (Phi) is 3.79. The number of aryl methyl sites for hydroxylation is 1. The standard InChI is InChI=1S/C12H19N3OS/c1-3-6-15-11(16)5-4-9(13)12(15)10-7-17-8(2)14-10/h7,9,12H,3-6,13H2,1-2H3. The fourth-order valence-corrected chi connectivity index (χ4v) is 3.02. The van der Waals surface area contributed by atoms with Crippen molar-refractivity contribution < 1.29 is 4.79 Å². The van der Waals surface area contributed by atoms with Gasteiger partial charge in [-0.3, -0.25) is 4.79 Å². The predicted octanol–water partition coefficient (Wildman–Crippen LogP) is 1.85. The minimum Gasteiger partial charge on any atom is -0.332 e. The predicted molar refractivity (Wildman–Crippen MR) is 68.8 cm³/mol. The SMILES string of the molecule is CCCN1C(=O)CCC(N)C1c1csc(C)n1. The van der Waals surface area contributed by atoms with Gasteiger partial charge in [0.1, 0.15) is 0 Å². The number of thiazole rings is 1. The highest BCUT2D eigenvalue weighted by molar-refractivity contribution is 7.09. The van der Waals surface area contributed by atoms with Crippen LogP contribution in [0.3, 0.4) is 0 Å². The fraction of sp³-hybridized carbons (Fsp3) is 0.667. The quantitative estimate of drug-likeness (QED) is 0.894. The number of amides is 1. The van der Waals surface area contributed by atoms with Crippen molar-refractivity contribution in [1.82, 2.24) is 9.88 Å². The third-order valence-corrected chi connectivity index (χ3v) is 3.95. The number of nitrogens with two attached hydrogens (primary N) is 1. The fourth-order valence-electron chi connectivity index (χ4n) is 2.38. The van der Waals surface area contributed by atoms with Gasteiger partial charge in [-0.05, 0) is 19.8 Å². The molecule has 1 aromatic heterocycles. The molecule has 2 atom stereocenters. The van der Waals surface area contributed by atoms with Gasteiger partial charge >= 0.3 is 0 Å². The van der Waals surface area contributed by atoms with Gasteiger partial charge in [0, 0.05) is 24.4 Å². The van der Waals surface area contributed by atoms with Crippen molar-refractivity contribution in [2.45, 2.75) is 45.2 Å². The second kappa shape index (κ2) is 5.14. The van der Waals surface area contributed by atoms with Crippen LogP contribution in [0.25, 0.3) is 0 Å². The van der Waals surface area contributed by atoms with E-state index < -0.39 is 0 Å². The van der Waals surface area contributed by atoms with Gasteiger partial charge in [-0.1, -0.05) is 6.92 Å². The third kappa shape index (κ3) is 2.50. The van der Waals surface area contributed by atoms with Crippen molar-refractivity contribution in [3.63, 3.8) is 0 Å². The highest BCUT2D eigenvalue weighted by atomic mass is 32.1.